The van der Waals surface area contributed by atoms with E-state index in [0.29, 0.717) is 26.2 Å². The van der Waals surface area contributed by atoms with E-state index in [9.17, 15) is 9.59 Å². The van der Waals surface area contributed by atoms with Gasteiger partial charge in [-0.15, -0.1) is 0 Å². The zero-order valence-electron chi connectivity index (χ0n) is 15.1. The third kappa shape index (κ3) is 4.63. The van der Waals surface area contributed by atoms with Gasteiger partial charge in [0.15, 0.2) is 6.04 Å². The van der Waals surface area contributed by atoms with Gasteiger partial charge in [0.2, 0.25) is 0 Å². The van der Waals surface area contributed by atoms with Crippen molar-refractivity contribution in [3.05, 3.63) is 75.7 Å². The number of thiocarbonyl (C=S) groups is 1. The molecule has 1 atom stereocenters. The number of halogens is 1. The number of amides is 1. The highest BCUT2D eigenvalue weighted by molar-refractivity contribution is 8.26. The van der Waals surface area contributed by atoms with Crippen molar-refractivity contribution >= 4 is 57.9 Å². The van der Waals surface area contributed by atoms with Crippen LogP contribution in [0.4, 0.5) is 0 Å². The maximum absolute atomic E-state index is 13.1. The van der Waals surface area contributed by atoms with Crippen molar-refractivity contribution in [3.8, 4) is 0 Å². The number of thioether (sulfide) groups is 1. The third-order valence-electron chi connectivity index (χ3n) is 4.02. The van der Waals surface area contributed by atoms with Crippen molar-refractivity contribution < 1.29 is 14.3 Å². The number of rotatable bonds is 6. The number of esters is 1. The van der Waals surface area contributed by atoms with Crippen LogP contribution < -0.4 is 0 Å². The Morgan fingerprint density at radius 2 is 2.00 bits per heavy atom. The molecule has 1 heterocycles. The normalized spacial score (nSPS) is 16.5. The van der Waals surface area contributed by atoms with Gasteiger partial charge < -0.3 is 4.74 Å². The Balaban J connectivity index is 1.95. The van der Waals surface area contributed by atoms with Crippen molar-refractivity contribution in [1.29, 1.82) is 0 Å². The summed E-state index contributed by atoms with van der Waals surface area (Å²) >= 11 is 12.6. The molecule has 1 aliphatic heterocycles. The second kappa shape index (κ2) is 9.37. The van der Waals surface area contributed by atoms with E-state index in [4.69, 9.17) is 28.6 Å². The molecule has 0 radical (unpaired) electrons. The summed E-state index contributed by atoms with van der Waals surface area (Å²) in [7, 11) is 0. The van der Waals surface area contributed by atoms with E-state index in [-0.39, 0.29) is 12.5 Å². The van der Waals surface area contributed by atoms with Gasteiger partial charge in [0.1, 0.15) is 4.32 Å². The SMILES string of the molecule is CCCOC(=O)C(c1ccccc1)N1C(=O)/C(=C/c2cccc(Cl)c2)SC1=S. The van der Waals surface area contributed by atoms with Crippen LogP contribution in [0.15, 0.2) is 59.5 Å². The summed E-state index contributed by atoms with van der Waals surface area (Å²) in [6.45, 7) is 2.20. The molecule has 1 unspecified atom stereocenters. The summed E-state index contributed by atoms with van der Waals surface area (Å²) in [5.74, 6) is -0.814. The first kappa shape index (κ1) is 20.6. The van der Waals surface area contributed by atoms with Crippen LogP contribution in [0.3, 0.4) is 0 Å². The molecule has 4 nitrogen and oxygen atoms in total. The minimum absolute atomic E-state index is 0.287. The molecule has 1 amide bonds. The van der Waals surface area contributed by atoms with Gasteiger partial charge in [-0.05, 0) is 35.8 Å². The zero-order chi connectivity index (χ0) is 20.1. The highest BCUT2D eigenvalue weighted by Gasteiger charge is 2.42. The molecule has 1 saturated heterocycles. The van der Waals surface area contributed by atoms with E-state index in [2.05, 4.69) is 0 Å². The van der Waals surface area contributed by atoms with Crippen molar-refractivity contribution in [2.24, 2.45) is 0 Å². The van der Waals surface area contributed by atoms with Gasteiger partial charge >= 0.3 is 5.97 Å². The lowest BCUT2D eigenvalue weighted by Crippen LogP contribution is -2.38. The molecule has 144 valence electrons. The minimum atomic E-state index is -0.912. The first-order valence-electron chi connectivity index (χ1n) is 8.75. The molecule has 3 rings (SSSR count). The third-order valence-corrected chi connectivity index (χ3v) is 5.58. The first-order chi connectivity index (χ1) is 13.5. The number of ether oxygens (including phenoxy) is 1. The fourth-order valence-electron chi connectivity index (χ4n) is 2.76. The van der Waals surface area contributed by atoms with Crippen LogP contribution in [0, 0.1) is 0 Å². The molecule has 1 aliphatic rings. The largest absolute Gasteiger partial charge is 0.464 e. The first-order valence-corrected chi connectivity index (χ1v) is 10.4. The van der Waals surface area contributed by atoms with Crippen LogP contribution in [0.2, 0.25) is 5.02 Å². The molecule has 0 aliphatic carbocycles. The number of hydrogen-bond donors (Lipinski definition) is 0. The summed E-state index contributed by atoms with van der Waals surface area (Å²) in [4.78, 5) is 27.7. The van der Waals surface area contributed by atoms with Crippen LogP contribution in [0.5, 0.6) is 0 Å². The summed E-state index contributed by atoms with van der Waals surface area (Å²) < 4.78 is 5.67. The summed E-state index contributed by atoms with van der Waals surface area (Å²) in [6, 6.07) is 15.3. The van der Waals surface area contributed by atoms with Gasteiger partial charge in [-0.2, -0.15) is 0 Å². The van der Waals surface area contributed by atoms with E-state index in [1.54, 1.807) is 30.3 Å². The van der Waals surface area contributed by atoms with Gasteiger partial charge in [-0.1, -0.05) is 85.0 Å². The number of nitrogens with zero attached hydrogens (tertiary/aromatic N) is 1. The molecule has 2 aromatic rings. The summed E-state index contributed by atoms with van der Waals surface area (Å²) in [6.07, 6.45) is 2.42. The molecule has 2 aromatic carbocycles. The predicted octanol–water partition coefficient (Wildman–Crippen LogP) is 5.24. The molecule has 0 spiro atoms. The Morgan fingerprint density at radius 3 is 2.68 bits per heavy atom. The highest BCUT2D eigenvalue weighted by Crippen LogP contribution is 2.38. The van der Waals surface area contributed by atoms with Crippen LogP contribution in [0.1, 0.15) is 30.5 Å². The van der Waals surface area contributed by atoms with Crippen molar-refractivity contribution in [3.63, 3.8) is 0 Å². The highest BCUT2D eigenvalue weighted by atomic mass is 35.5. The lowest BCUT2D eigenvalue weighted by atomic mass is 10.1. The minimum Gasteiger partial charge on any atom is -0.464 e. The molecular weight excluding hydrogens is 414 g/mol. The lowest BCUT2D eigenvalue weighted by Gasteiger charge is -2.25. The lowest BCUT2D eigenvalue weighted by molar-refractivity contribution is -0.151. The Labute approximate surface area is 178 Å². The Morgan fingerprint density at radius 1 is 1.25 bits per heavy atom. The second-order valence-corrected chi connectivity index (χ2v) is 8.20. The van der Waals surface area contributed by atoms with Gasteiger partial charge in [0, 0.05) is 5.02 Å². The fraction of sp³-hybridized carbons (Fsp3) is 0.190. The van der Waals surface area contributed by atoms with Gasteiger partial charge in [0.05, 0.1) is 11.5 Å². The molecule has 7 heteroatoms. The van der Waals surface area contributed by atoms with E-state index >= 15 is 0 Å². The average Bonchev–Trinajstić information content (AvgIpc) is 2.95. The van der Waals surface area contributed by atoms with Crippen LogP contribution >= 0.6 is 35.6 Å². The van der Waals surface area contributed by atoms with Crippen molar-refractivity contribution in [2.75, 3.05) is 6.61 Å². The number of hydrogen-bond acceptors (Lipinski definition) is 5. The molecule has 28 heavy (non-hydrogen) atoms. The standard InChI is InChI=1S/C21H18ClNO3S2/c1-2-11-26-20(25)18(15-8-4-3-5-9-15)23-19(24)17(28-21(23)27)13-14-7-6-10-16(22)12-14/h3-10,12-13,18H,2,11H2,1H3/b17-13-. The van der Waals surface area contributed by atoms with E-state index in [1.807, 2.05) is 37.3 Å². The quantitative estimate of drug-likeness (QED) is 0.355. The van der Waals surface area contributed by atoms with Crippen LogP contribution in [-0.4, -0.2) is 27.7 Å². The van der Waals surface area contributed by atoms with E-state index in [0.717, 1.165) is 17.3 Å². The fourth-order valence-corrected chi connectivity index (χ4v) is 4.27. The molecule has 0 aromatic heterocycles. The number of benzene rings is 2. The molecule has 0 N–H and O–H groups in total. The smallest absolute Gasteiger partial charge is 0.333 e. The average molecular weight is 432 g/mol. The maximum Gasteiger partial charge on any atom is 0.333 e. The van der Waals surface area contributed by atoms with Gasteiger partial charge in [-0.25, -0.2) is 4.79 Å². The van der Waals surface area contributed by atoms with Crippen molar-refractivity contribution in [2.45, 2.75) is 19.4 Å². The van der Waals surface area contributed by atoms with Crippen LogP contribution in [-0.2, 0) is 14.3 Å². The molecule has 1 fully saturated rings. The molecule has 0 saturated carbocycles. The van der Waals surface area contributed by atoms with Crippen molar-refractivity contribution in [1.82, 2.24) is 4.90 Å². The van der Waals surface area contributed by atoms with Crippen LogP contribution in [0.25, 0.3) is 6.08 Å². The second-order valence-electron chi connectivity index (χ2n) is 6.09. The zero-order valence-corrected chi connectivity index (χ0v) is 17.5. The number of carbonyl (C=O) groups is 2. The molecule has 0 bridgehead atoms. The molecular formula is C21H18ClNO3S2. The van der Waals surface area contributed by atoms with Gasteiger partial charge in [-0.3, -0.25) is 9.69 Å². The van der Waals surface area contributed by atoms with Gasteiger partial charge in [0.25, 0.3) is 5.91 Å². The monoisotopic (exact) mass is 431 g/mol. The number of carbonyl (C=O) groups excluding carboxylic acids is 2. The Hall–Kier alpha value is -2.15. The Kier molecular flexibility index (Phi) is 6.88. The summed E-state index contributed by atoms with van der Waals surface area (Å²) in [5, 5.41) is 0.578. The Bertz CT molecular complexity index is 930. The summed E-state index contributed by atoms with van der Waals surface area (Å²) in [5.41, 5.74) is 1.45. The van der Waals surface area contributed by atoms with E-state index < -0.39 is 12.0 Å². The van der Waals surface area contributed by atoms with E-state index in [1.165, 1.54) is 4.90 Å². The predicted molar refractivity (Wildman–Crippen MR) is 117 cm³/mol. The topological polar surface area (TPSA) is 46.6 Å². The maximum atomic E-state index is 13.1.